The van der Waals surface area contributed by atoms with Gasteiger partial charge >= 0.3 is 5.97 Å². The smallest absolute Gasteiger partial charge is 0.338 e. The van der Waals surface area contributed by atoms with E-state index in [-0.39, 0.29) is 15.5 Å². The highest BCUT2D eigenvalue weighted by atomic mass is 35.5. The van der Waals surface area contributed by atoms with Crippen LogP contribution in [0, 0.1) is 0 Å². The van der Waals surface area contributed by atoms with Gasteiger partial charge in [-0.25, -0.2) is 13.2 Å². The summed E-state index contributed by atoms with van der Waals surface area (Å²) in [6.07, 6.45) is -0.988. The molecule has 0 aliphatic rings. The number of rotatable bonds is 8. The van der Waals surface area contributed by atoms with Crippen molar-refractivity contribution in [3.05, 3.63) is 82.2 Å². The molecule has 0 fully saturated rings. The Morgan fingerprint density at radius 2 is 1.71 bits per heavy atom. The second-order valence-corrected chi connectivity index (χ2v) is 10.1. The molecule has 0 aliphatic heterocycles. The molecule has 1 atom stereocenters. The van der Waals surface area contributed by atoms with Gasteiger partial charge in [0, 0.05) is 12.2 Å². The van der Waals surface area contributed by atoms with Crippen molar-refractivity contribution in [3.8, 4) is 0 Å². The van der Waals surface area contributed by atoms with E-state index in [1.807, 2.05) is 30.3 Å². The van der Waals surface area contributed by atoms with E-state index in [0.717, 1.165) is 16.9 Å². The number of carbonyl (C=O) groups excluding carboxylic acids is 2. The fourth-order valence-electron chi connectivity index (χ4n) is 2.53. The number of anilines is 1. The van der Waals surface area contributed by atoms with Crippen molar-refractivity contribution < 1.29 is 22.7 Å². The van der Waals surface area contributed by atoms with Gasteiger partial charge in [0.25, 0.3) is 15.9 Å². The summed E-state index contributed by atoms with van der Waals surface area (Å²) in [5.41, 5.74) is 1.39. The largest absolute Gasteiger partial charge is 0.449 e. The van der Waals surface area contributed by atoms with Crippen LogP contribution < -0.4 is 10.0 Å². The molecule has 3 rings (SSSR count). The summed E-state index contributed by atoms with van der Waals surface area (Å²) in [6.45, 7) is 1.80. The van der Waals surface area contributed by atoms with Crippen LogP contribution in [0.25, 0.3) is 0 Å². The Kier molecular flexibility index (Phi) is 7.32. The zero-order valence-electron chi connectivity index (χ0n) is 16.4. The first-order chi connectivity index (χ1) is 14.7. The number of amides is 1. The normalized spacial score (nSPS) is 12.1. The lowest BCUT2D eigenvalue weighted by atomic mass is 10.2. The van der Waals surface area contributed by atoms with Crippen molar-refractivity contribution in [2.24, 2.45) is 0 Å². The summed E-state index contributed by atoms with van der Waals surface area (Å²) in [4.78, 5) is 24.5. The Morgan fingerprint density at radius 3 is 2.32 bits per heavy atom. The van der Waals surface area contributed by atoms with Gasteiger partial charge in [0.2, 0.25) is 0 Å². The second kappa shape index (κ2) is 9.95. The molecule has 0 spiro atoms. The van der Waals surface area contributed by atoms with E-state index >= 15 is 0 Å². The predicted octanol–water partition coefficient (Wildman–Crippen LogP) is 4.06. The molecule has 0 saturated carbocycles. The van der Waals surface area contributed by atoms with Gasteiger partial charge in [0.15, 0.2) is 6.10 Å². The molecule has 0 bridgehead atoms. The van der Waals surface area contributed by atoms with Gasteiger partial charge in [0.05, 0.1) is 9.90 Å². The summed E-state index contributed by atoms with van der Waals surface area (Å²) in [6, 6.07) is 18.0. The number of sulfonamides is 1. The molecular formula is C21H19ClN2O5S2. The number of hydrogen-bond acceptors (Lipinski definition) is 6. The van der Waals surface area contributed by atoms with Crippen LogP contribution in [0.4, 0.5) is 5.69 Å². The van der Waals surface area contributed by atoms with Crippen LogP contribution in [0.2, 0.25) is 4.34 Å². The van der Waals surface area contributed by atoms with Crippen molar-refractivity contribution in [1.29, 1.82) is 0 Å². The maximum Gasteiger partial charge on any atom is 0.338 e. The number of nitrogens with one attached hydrogen (secondary N) is 2. The first-order valence-electron chi connectivity index (χ1n) is 9.15. The van der Waals surface area contributed by atoms with Gasteiger partial charge in [-0.05, 0) is 48.9 Å². The number of carbonyl (C=O) groups is 2. The molecule has 0 unspecified atom stereocenters. The van der Waals surface area contributed by atoms with Crippen LogP contribution in [0.3, 0.4) is 0 Å². The van der Waals surface area contributed by atoms with E-state index in [4.69, 9.17) is 16.3 Å². The third kappa shape index (κ3) is 6.30. The van der Waals surface area contributed by atoms with E-state index in [9.17, 15) is 18.0 Å². The minimum atomic E-state index is -3.77. The third-order valence-corrected chi connectivity index (χ3v) is 7.25. The Labute approximate surface area is 189 Å². The molecule has 0 saturated heterocycles. The Bertz CT molecular complexity index is 1160. The minimum absolute atomic E-state index is 0.0799. The van der Waals surface area contributed by atoms with Gasteiger partial charge in [0.1, 0.15) is 4.21 Å². The quantitative estimate of drug-likeness (QED) is 0.475. The molecule has 1 heterocycles. The zero-order valence-corrected chi connectivity index (χ0v) is 18.8. The van der Waals surface area contributed by atoms with E-state index in [0.29, 0.717) is 10.9 Å². The van der Waals surface area contributed by atoms with E-state index < -0.39 is 28.0 Å². The van der Waals surface area contributed by atoms with Crippen molar-refractivity contribution >= 4 is 50.5 Å². The summed E-state index contributed by atoms with van der Waals surface area (Å²) in [7, 11) is -3.77. The van der Waals surface area contributed by atoms with Crippen molar-refractivity contribution in [3.63, 3.8) is 0 Å². The molecule has 7 nitrogen and oxygen atoms in total. The Hall–Kier alpha value is -2.88. The average molecular weight is 479 g/mol. The second-order valence-electron chi connectivity index (χ2n) is 6.49. The average Bonchev–Trinajstić information content (AvgIpc) is 3.20. The Balaban J connectivity index is 1.55. The molecule has 2 aromatic carbocycles. The summed E-state index contributed by atoms with van der Waals surface area (Å²) >= 11 is 6.72. The third-order valence-electron chi connectivity index (χ3n) is 4.15. The predicted molar refractivity (Wildman–Crippen MR) is 120 cm³/mol. The van der Waals surface area contributed by atoms with Crippen molar-refractivity contribution in [2.75, 3.05) is 4.72 Å². The van der Waals surface area contributed by atoms with Gasteiger partial charge < -0.3 is 10.1 Å². The molecular weight excluding hydrogens is 460 g/mol. The van der Waals surface area contributed by atoms with Crippen molar-refractivity contribution in [2.45, 2.75) is 23.8 Å². The molecule has 1 aromatic heterocycles. The van der Waals surface area contributed by atoms with Crippen LogP contribution >= 0.6 is 22.9 Å². The zero-order chi connectivity index (χ0) is 22.4. The minimum Gasteiger partial charge on any atom is -0.449 e. The molecule has 3 aromatic rings. The lowest BCUT2D eigenvalue weighted by Gasteiger charge is -2.14. The molecule has 0 radical (unpaired) electrons. The van der Waals surface area contributed by atoms with E-state index in [2.05, 4.69) is 10.0 Å². The van der Waals surface area contributed by atoms with Crippen LogP contribution in [0.15, 0.2) is 70.9 Å². The maximum absolute atomic E-state index is 12.3. The topological polar surface area (TPSA) is 102 Å². The van der Waals surface area contributed by atoms with Gasteiger partial charge in [-0.3, -0.25) is 9.52 Å². The van der Waals surface area contributed by atoms with Gasteiger partial charge in [-0.2, -0.15) is 0 Å². The van der Waals surface area contributed by atoms with Gasteiger partial charge in [-0.1, -0.05) is 41.9 Å². The highest BCUT2D eigenvalue weighted by Crippen LogP contribution is 2.27. The lowest BCUT2D eigenvalue weighted by Crippen LogP contribution is -2.35. The van der Waals surface area contributed by atoms with E-state index in [1.54, 1.807) is 0 Å². The fourth-order valence-corrected chi connectivity index (χ4v) is 5.07. The first-order valence-corrected chi connectivity index (χ1v) is 11.8. The molecule has 31 heavy (non-hydrogen) atoms. The lowest BCUT2D eigenvalue weighted by molar-refractivity contribution is -0.129. The number of hydrogen-bond donors (Lipinski definition) is 2. The van der Waals surface area contributed by atoms with Crippen molar-refractivity contribution in [1.82, 2.24) is 5.32 Å². The highest BCUT2D eigenvalue weighted by Gasteiger charge is 2.20. The number of ether oxygens (including phenoxy) is 1. The number of esters is 1. The summed E-state index contributed by atoms with van der Waals surface area (Å²) in [5.74, 6) is -1.11. The SMILES string of the molecule is C[C@H](OC(=O)c1ccc(NS(=O)(=O)c2ccc(Cl)s2)cc1)C(=O)NCc1ccccc1. The molecule has 10 heteroatoms. The van der Waals surface area contributed by atoms with Gasteiger partial charge in [-0.15, -0.1) is 11.3 Å². The molecule has 0 aliphatic carbocycles. The van der Waals surface area contributed by atoms with Crippen LogP contribution in [-0.2, 0) is 26.1 Å². The summed E-state index contributed by atoms with van der Waals surface area (Å²) < 4.78 is 32.7. The highest BCUT2D eigenvalue weighted by molar-refractivity contribution is 7.94. The van der Waals surface area contributed by atoms with E-state index in [1.165, 1.54) is 43.3 Å². The number of halogens is 1. The standard InChI is InChI=1S/C21H19ClN2O5S2/c1-14(20(25)23-13-15-5-3-2-4-6-15)29-21(26)16-7-9-17(10-8-16)24-31(27,28)19-12-11-18(22)30-19/h2-12,14,24H,13H2,1H3,(H,23,25)/t14-/m0/s1. The first kappa shape index (κ1) is 22.8. The van der Waals surface area contributed by atoms with Crippen LogP contribution in [0.1, 0.15) is 22.8 Å². The molecule has 2 N–H and O–H groups in total. The maximum atomic E-state index is 12.3. The molecule has 1 amide bonds. The monoisotopic (exact) mass is 478 g/mol. The molecule has 162 valence electrons. The summed E-state index contributed by atoms with van der Waals surface area (Å²) in [5, 5.41) is 2.71. The number of benzene rings is 2. The number of thiophene rings is 1. The van der Waals surface area contributed by atoms with Crippen LogP contribution in [0.5, 0.6) is 0 Å². The fraction of sp³-hybridized carbons (Fsp3) is 0.143. The Morgan fingerprint density at radius 1 is 1.03 bits per heavy atom. The van der Waals surface area contributed by atoms with Crippen LogP contribution in [-0.4, -0.2) is 26.4 Å².